The van der Waals surface area contributed by atoms with Crippen LogP contribution in [0.2, 0.25) is 0 Å². The summed E-state index contributed by atoms with van der Waals surface area (Å²) >= 11 is 0. The molecule has 0 saturated carbocycles. The molecule has 15 heavy (non-hydrogen) atoms. The topological polar surface area (TPSA) is 26.3 Å². The van der Waals surface area contributed by atoms with Crippen molar-refractivity contribution in [1.82, 2.24) is 0 Å². The summed E-state index contributed by atoms with van der Waals surface area (Å²) in [4.78, 5) is 11.6. The van der Waals surface area contributed by atoms with E-state index in [4.69, 9.17) is 4.74 Å². The van der Waals surface area contributed by atoms with Crippen molar-refractivity contribution >= 4 is 5.78 Å². The van der Waals surface area contributed by atoms with Crippen LogP contribution in [0.3, 0.4) is 0 Å². The van der Waals surface area contributed by atoms with Crippen molar-refractivity contribution in [2.24, 2.45) is 0 Å². The SMILES string of the molecule is CCOc1ccc(C(=O)C=C(C)C)cc1. The van der Waals surface area contributed by atoms with Crippen molar-refractivity contribution in [2.45, 2.75) is 20.8 Å². The number of carbonyl (C=O) groups excluding carboxylic acids is 1. The minimum atomic E-state index is 0.0399. The fraction of sp³-hybridized carbons (Fsp3) is 0.308. The van der Waals surface area contributed by atoms with Crippen molar-refractivity contribution in [3.05, 3.63) is 41.5 Å². The molecule has 2 heteroatoms. The quantitative estimate of drug-likeness (QED) is 0.556. The number of hydrogen-bond acceptors (Lipinski definition) is 2. The van der Waals surface area contributed by atoms with E-state index >= 15 is 0 Å². The number of benzene rings is 1. The number of carbonyl (C=O) groups is 1. The molecule has 0 fully saturated rings. The molecule has 0 aliphatic heterocycles. The fourth-order valence-electron chi connectivity index (χ4n) is 1.23. The summed E-state index contributed by atoms with van der Waals surface area (Å²) in [6, 6.07) is 7.20. The van der Waals surface area contributed by atoms with Crippen LogP contribution in [0.25, 0.3) is 0 Å². The Morgan fingerprint density at radius 3 is 2.33 bits per heavy atom. The maximum absolute atomic E-state index is 11.6. The molecule has 1 aromatic carbocycles. The van der Waals surface area contributed by atoms with Gasteiger partial charge in [0.05, 0.1) is 6.61 Å². The Balaban J connectivity index is 2.80. The van der Waals surface area contributed by atoms with E-state index in [0.29, 0.717) is 12.2 Å². The van der Waals surface area contributed by atoms with Crippen molar-refractivity contribution in [3.8, 4) is 5.75 Å². The second-order valence-electron chi connectivity index (χ2n) is 3.54. The van der Waals surface area contributed by atoms with Gasteiger partial charge in [0.25, 0.3) is 0 Å². The normalized spacial score (nSPS) is 9.53. The summed E-state index contributed by atoms with van der Waals surface area (Å²) in [5.41, 5.74) is 1.70. The van der Waals surface area contributed by atoms with Gasteiger partial charge in [-0.15, -0.1) is 0 Å². The third-order valence-corrected chi connectivity index (χ3v) is 1.87. The first-order chi connectivity index (χ1) is 7.13. The summed E-state index contributed by atoms with van der Waals surface area (Å²) in [5, 5.41) is 0. The van der Waals surface area contributed by atoms with Crippen LogP contribution < -0.4 is 4.74 Å². The maximum Gasteiger partial charge on any atom is 0.185 e. The monoisotopic (exact) mass is 204 g/mol. The molecule has 0 spiro atoms. The molecule has 0 radical (unpaired) electrons. The van der Waals surface area contributed by atoms with Crippen LogP contribution in [0.5, 0.6) is 5.75 Å². The molecule has 0 bridgehead atoms. The number of rotatable bonds is 4. The van der Waals surface area contributed by atoms with Crippen LogP contribution in [0.15, 0.2) is 35.9 Å². The zero-order chi connectivity index (χ0) is 11.3. The molecule has 0 saturated heterocycles. The van der Waals surface area contributed by atoms with Crippen molar-refractivity contribution < 1.29 is 9.53 Å². The Morgan fingerprint density at radius 2 is 1.87 bits per heavy atom. The van der Waals surface area contributed by atoms with E-state index in [1.165, 1.54) is 0 Å². The second kappa shape index (κ2) is 5.35. The van der Waals surface area contributed by atoms with Crippen LogP contribution in [-0.4, -0.2) is 12.4 Å². The lowest BCUT2D eigenvalue weighted by Gasteiger charge is -2.02. The van der Waals surface area contributed by atoms with E-state index in [0.717, 1.165) is 11.3 Å². The summed E-state index contributed by atoms with van der Waals surface area (Å²) < 4.78 is 5.29. The second-order valence-corrected chi connectivity index (χ2v) is 3.54. The summed E-state index contributed by atoms with van der Waals surface area (Å²) in [7, 11) is 0. The molecule has 0 heterocycles. The van der Waals surface area contributed by atoms with Gasteiger partial charge < -0.3 is 4.74 Å². The Labute approximate surface area is 90.6 Å². The Hall–Kier alpha value is -1.57. The molecule has 2 nitrogen and oxygen atoms in total. The molecule has 1 rings (SSSR count). The minimum absolute atomic E-state index is 0.0399. The van der Waals surface area contributed by atoms with E-state index in [2.05, 4.69) is 0 Å². The molecule has 0 N–H and O–H groups in total. The third kappa shape index (κ3) is 3.58. The lowest BCUT2D eigenvalue weighted by molar-refractivity contribution is 0.104. The van der Waals surface area contributed by atoms with Gasteiger partial charge in [-0.25, -0.2) is 0 Å². The first kappa shape index (κ1) is 11.5. The highest BCUT2D eigenvalue weighted by Gasteiger charge is 2.01. The molecule has 0 unspecified atom stereocenters. The highest BCUT2D eigenvalue weighted by Crippen LogP contribution is 2.13. The van der Waals surface area contributed by atoms with Gasteiger partial charge in [-0.05, 0) is 51.1 Å². The van der Waals surface area contributed by atoms with E-state index < -0.39 is 0 Å². The van der Waals surface area contributed by atoms with Gasteiger partial charge in [-0.2, -0.15) is 0 Å². The molecule has 0 aromatic heterocycles. The smallest absolute Gasteiger partial charge is 0.185 e. The third-order valence-electron chi connectivity index (χ3n) is 1.87. The lowest BCUT2D eigenvalue weighted by Crippen LogP contribution is -1.96. The first-order valence-corrected chi connectivity index (χ1v) is 5.05. The highest BCUT2D eigenvalue weighted by molar-refractivity contribution is 6.04. The summed E-state index contributed by atoms with van der Waals surface area (Å²) in [6.07, 6.45) is 1.63. The predicted octanol–water partition coefficient (Wildman–Crippen LogP) is 3.23. The predicted molar refractivity (Wildman–Crippen MR) is 61.4 cm³/mol. The van der Waals surface area contributed by atoms with Crippen molar-refractivity contribution in [2.75, 3.05) is 6.61 Å². The average molecular weight is 204 g/mol. The maximum atomic E-state index is 11.6. The van der Waals surface area contributed by atoms with Crippen LogP contribution >= 0.6 is 0 Å². The van der Waals surface area contributed by atoms with Gasteiger partial charge in [-0.3, -0.25) is 4.79 Å². The van der Waals surface area contributed by atoms with Crippen molar-refractivity contribution in [1.29, 1.82) is 0 Å². The van der Waals surface area contributed by atoms with Gasteiger partial charge >= 0.3 is 0 Å². The Kier molecular flexibility index (Phi) is 4.10. The van der Waals surface area contributed by atoms with Gasteiger partial charge in [0.2, 0.25) is 0 Å². The van der Waals surface area contributed by atoms with Crippen LogP contribution in [0.4, 0.5) is 0 Å². The molecule has 0 aliphatic carbocycles. The molecule has 0 aliphatic rings. The molecule has 0 atom stereocenters. The number of allylic oxidation sites excluding steroid dienone is 2. The molecular weight excluding hydrogens is 188 g/mol. The first-order valence-electron chi connectivity index (χ1n) is 5.05. The molecule has 0 amide bonds. The fourth-order valence-corrected chi connectivity index (χ4v) is 1.23. The molecule has 1 aromatic rings. The average Bonchev–Trinajstić information content (AvgIpc) is 2.18. The lowest BCUT2D eigenvalue weighted by atomic mass is 10.1. The molecular formula is C13H16O2. The Morgan fingerprint density at radius 1 is 1.27 bits per heavy atom. The van der Waals surface area contributed by atoms with E-state index in [1.807, 2.05) is 32.9 Å². The van der Waals surface area contributed by atoms with E-state index in [9.17, 15) is 4.79 Å². The zero-order valence-corrected chi connectivity index (χ0v) is 9.41. The standard InChI is InChI=1S/C13H16O2/c1-4-15-12-7-5-11(6-8-12)13(14)9-10(2)3/h5-9H,4H2,1-3H3. The van der Waals surface area contributed by atoms with Gasteiger partial charge in [-0.1, -0.05) is 5.57 Å². The van der Waals surface area contributed by atoms with Crippen LogP contribution in [0.1, 0.15) is 31.1 Å². The number of ether oxygens (including phenoxy) is 1. The molecule has 80 valence electrons. The van der Waals surface area contributed by atoms with Gasteiger partial charge in [0.15, 0.2) is 5.78 Å². The van der Waals surface area contributed by atoms with Crippen molar-refractivity contribution in [3.63, 3.8) is 0 Å². The van der Waals surface area contributed by atoms with E-state index in [1.54, 1.807) is 18.2 Å². The zero-order valence-electron chi connectivity index (χ0n) is 9.41. The van der Waals surface area contributed by atoms with E-state index in [-0.39, 0.29) is 5.78 Å². The minimum Gasteiger partial charge on any atom is -0.494 e. The highest BCUT2D eigenvalue weighted by atomic mass is 16.5. The Bertz CT molecular complexity index is 357. The van der Waals surface area contributed by atoms with Gasteiger partial charge in [0.1, 0.15) is 5.75 Å². The van der Waals surface area contributed by atoms with Crippen LogP contribution in [0, 0.1) is 0 Å². The summed E-state index contributed by atoms with van der Waals surface area (Å²) in [5.74, 6) is 0.837. The summed E-state index contributed by atoms with van der Waals surface area (Å²) in [6.45, 7) is 6.39. The van der Waals surface area contributed by atoms with Gasteiger partial charge in [0, 0.05) is 5.56 Å². The van der Waals surface area contributed by atoms with Crippen LogP contribution in [-0.2, 0) is 0 Å². The largest absolute Gasteiger partial charge is 0.494 e. The number of ketones is 1. The number of hydrogen-bond donors (Lipinski definition) is 0.